The van der Waals surface area contributed by atoms with E-state index in [0.29, 0.717) is 17.4 Å². The number of hydrogen-bond donors (Lipinski definition) is 3. The average molecular weight is 278 g/mol. The number of rotatable bonds is 2. The summed E-state index contributed by atoms with van der Waals surface area (Å²) in [6, 6.07) is 10.0. The normalized spacial score (nSPS) is 16.8. The number of fused-ring (bicyclic) bond motifs is 1. The highest BCUT2D eigenvalue weighted by molar-refractivity contribution is 6.32. The number of aromatic hydroxyl groups is 2. The molecule has 5 heteroatoms. The molecule has 98 valence electrons. The number of benzene rings is 2. The molecule has 1 aliphatic rings. The van der Waals surface area contributed by atoms with Crippen LogP contribution in [0.15, 0.2) is 36.4 Å². The fourth-order valence-corrected chi connectivity index (χ4v) is 2.30. The van der Waals surface area contributed by atoms with Crippen LogP contribution < -0.4 is 10.1 Å². The van der Waals surface area contributed by atoms with Gasteiger partial charge in [0.25, 0.3) is 0 Å². The summed E-state index contributed by atoms with van der Waals surface area (Å²) in [5, 5.41) is 22.4. The van der Waals surface area contributed by atoms with Crippen LogP contribution in [0.1, 0.15) is 11.6 Å². The Morgan fingerprint density at radius 3 is 2.79 bits per heavy atom. The van der Waals surface area contributed by atoms with Gasteiger partial charge in [-0.05, 0) is 30.3 Å². The van der Waals surface area contributed by atoms with Crippen molar-refractivity contribution in [2.75, 3.05) is 11.9 Å². The van der Waals surface area contributed by atoms with E-state index in [4.69, 9.17) is 16.3 Å². The van der Waals surface area contributed by atoms with Crippen LogP contribution in [0.2, 0.25) is 5.02 Å². The van der Waals surface area contributed by atoms with Crippen molar-refractivity contribution in [2.24, 2.45) is 0 Å². The van der Waals surface area contributed by atoms with Gasteiger partial charge in [-0.2, -0.15) is 0 Å². The molecular weight excluding hydrogens is 266 g/mol. The standard InChI is InChI=1S/C14H12ClNO3/c15-11-5-8(1-4-13(11)18)16-12-7-19-14-6-9(17)2-3-10(12)14/h1-6,12,16-18H,7H2. The average Bonchev–Trinajstić information content (AvgIpc) is 2.76. The number of phenols is 2. The fraction of sp³-hybridized carbons (Fsp3) is 0.143. The molecule has 0 amide bonds. The maximum absolute atomic E-state index is 9.39. The van der Waals surface area contributed by atoms with Crippen LogP contribution in [0.5, 0.6) is 17.2 Å². The van der Waals surface area contributed by atoms with Gasteiger partial charge in [0.2, 0.25) is 0 Å². The van der Waals surface area contributed by atoms with E-state index < -0.39 is 0 Å². The first-order valence-electron chi connectivity index (χ1n) is 5.84. The van der Waals surface area contributed by atoms with Crippen molar-refractivity contribution >= 4 is 17.3 Å². The van der Waals surface area contributed by atoms with E-state index in [0.717, 1.165) is 11.3 Å². The van der Waals surface area contributed by atoms with E-state index in [2.05, 4.69) is 5.32 Å². The maximum atomic E-state index is 9.39. The molecule has 2 aromatic carbocycles. The topological polar surface area (TPSA) is 61.7 Å². The molecule has 1 atom stereocenters. The van der Waals surface area contributed by atoms with Gasteiger partial charge in [-0.1, -0.05) is 11.6 Å². The van der Waals surface area contributed by atoms with Crippen LogP contribution >= 0.6 is 11.6 Å². The summed E-state index contributed by atoms with van der Waals surface area (Å²) in [4.78, 5) is 0. The molecule has 0 aliphatic carbocycles. The number of hydrogen-bond acceptors (Lipinski definition) is 4. The van der Waals surface area contributed by atoms with Crippen LogP contribution in [0.4, 0.5) is 5.69 Å². The van der Waals surface area contributed by atoms with Crippen LogP contribution in [-0.4, -0.2) is 16.8 Å². The molecule has 4 nitrogen and oxygen atoms in total. The Morgan fingerprint density at radius 2 is 2.00 bits per heavy atom. The molecule has 0 saturated heterocycles. The molecule has 0 bridgehead atoms. The molecule has 19 heavy (non-hydrogen) atoms. The van der Waals surface area contributed by atoms with Crippen LogP contribution in [-0.2, 0) is 0 Å². The zero-order valence-electron chi connectivity index (χ0n) is 9.93. The first-order valence-corrected chi connectivity index (χ1v) is 6.22. The highest BCUT2D eigenvalue weighted by atomic mass is 35.5. The largest absolute Gasteiger partial charge is 0.508 e. The Labute approximate surface area is 115 Å². The minimum atomic E-state index is -0.00351. The lowest BCUT2D eigenvalue weighted by atomic mass is 10.1. The van der Waals surface area contributed by atoms with E-state index in [1.807, 2.05) is 6.07 Å². The fourth-order valence-electron chi connectivity index (χ4n) is 2.12. The number of anilines is 1. The lowest BCUT2D eigenvalue weighted by molar-refractivity contribution is 0.338. The van der Waals surface area contributed by atoms with Gasteiger partial charge < -0.3 is 20.3 Å². The zero-order valence-corrected chi connectivity index (χ0v) is 10.7. The van der Waals surface area contributed by atoms with Crippen molar-refractivity contribution < 1.29 is 14.9 Å². The third-order valence-electron chi connectivity index (χ3n) is 3.07. The van der Waals surface area contributed by atoms with Gasteiger partial charge in [0.1, 0.15) is 23.9 Å². The van der Waals surface area contributed by atoms with Gasteiger partial charge in [0.15, 0.2) is 0 Å². The molecule has 1 aliphatic heterocycles. The first kappa shape index (κ1) is 12.0. The molecule has 3 N–H and O–H groups in total. The molecule has 0 spiro atoms. The molecule has 3 rings (SSSR count). The molecule has 0 radical (unpaired) electrons. The van der Waals surface area contributed by atoms with Gasteiger partial charge in [0.05, 0.1) is 11.1 Å². The van der Waals surface area contributed by atoms with Gasteiger partial charge in [-0.25, -0.2) is 0 Å². The first-order chi connectivity index (χ1) is 9.13. The van der Waals surface area contributed by atoms with Crippen LogP contribution in [0, 0.1) is 0 Å². The van der Waals surface area contributed by atoms with Crippen molar-refractivity contribution in [2.45, 2.75) is 6.04 Å². The van der Waals surface area contributed by atoms with E-state index >= 15 is 0 Å². The SMILES string of the molecule is Oc1ccc2c(c1)OCC2Nc1ccc(O)c(Cl)c1. The number of ether oxygens (including phenoxy) is 1. The Hall–Kier alpha value is -2.07. The zero-order chi connectivity index (χ0) is 13.4. The van der Waals surface area contributed by atoms with Crippen molar-refractivity contribution in [1.82, 2.24) is 0 Å². The van der Waals surface area contributed by atoms with Crippen LogP contribution in [0.3, 0.4) is 0 Å². The predicted molar refractivity (Wildman–Crippen MR) is 73.1 cm³/mol. The van der Waals surface area contributed by atoms with E-state index in [1.54, 1.807) is 24.3 Å². The molecule has 0 saturated carbocycles. The summed E-state index contributed by atoms with van der Waals surface area (Å²) in [5.41, 5.74) is 1.79. The van der Waals surface area contributed by atoms with Gasteiger partial charge >= 0.3 is 0 Å². The summed E-state index contributed by atoms with van der Waals surface area (Å²) in [7, 11) is 0. The summed E-state index contributed by atoms with van der Waals surface area (Å²) in [5.74, 6) is 0.926. The maximum Gasteiger partial charge on any atom is 0.134 e. The van der Waals surface area contributed by atoms with Gasteiger partial charge in [-0.15, -0.1) is 0 Å². The highest BCUT2D eigenvalue weighted by Crippen LogP contribution is 2.37. The highest BCUT2D eigenvalue weighted by Gasteiger charge is 2.24. The van der Waals surface area contributed by atoms with Gasteiger partial charge in [0, 0.05) is 17.3 Å². The molecule has 0 aromatic heterocycles. The molecule has 0 fully saturated rings. The van der Waals surface area contributed by atoms with Gasteiger partial charge in [-0.3, -0.25) is 0 Å². The summed E-state index contributed by atoms with van der Waals surface area (Å²) in [6.45, 7) is 0.483. The monoisotopic (exact) mass is 277 g/mol. The van der Waals surface area contributed by atoms with E-state index in [9.17, 15) is 10.2 Å². The lowest BCUT2D eigenvalue weighted by Crippen LogP contribution is -2.11. The lowest BCUT2D eigenvalue weighted by Gasteiger charge is -2.13. The second-order valence-corrected chi connectivity index (χ2v) is 4.80. The minimum absolute atomic E-state index is 0.00351. The van der Waals surface area contributed by atoms with Crippen molar-refractivity contribution in [3.63, 3.8) is 0 Å². The van der Waals surface area contributed by atoms with Crippen molar-refractivity contribution in [3.8, 4) is 17.2 Å². The molecule has 1 unspecified atom stereocenters. The Morgan fingerprint density at radius 1 is 1.16 bits per heavy atom. The number of phenolic OH excluding ortho intramolecular Hbond substituents is 2. The molecule has 2 aromatic rings. The Kier molecular flexibility index (Phi) is 2.87. The predicted octanol–water partition coefficient (Wildman–Crippen LogP) is 3.30. The smallest absolute Gasteiger partial charge is 0.134 e. The quantitative estimate of drug-likeness (QED) is 0.737. The molecular formula is C14H12ClNO3. The number of halogens is 1. The second kappa shape index (κ2) is 4.55. The summed E-state index contributed by atoms with van der Waals surface area (Å²) >= 11 is 5.87. The Balaban J connectivity index is 1.84. The Bertz CT molecular complexity index is 630. The van der Waals surface area contributed by atoms with E-state index in [-0.39, 0.29) is 17.5 Å². The van der Waals surface area contributed by atoms with Crippen LogP contribution in [0.25, 0.3) is 0 Å². The van der Waals surface area contributed by atoms with E-state index in [1.165, 1.54) is 6.07 Å². The summed E-state index contributed by atoms with van der Waals surface area (Å²) in [6.07, 6.45) is 0. The number of nitrogens with one attached hydrogen (secondary N) is 1. The second-order valence-electron chi connectivity index (χ2n) is 4.40. The van der Waals surface area contributed by atoms with Crippen molar-refractivity contribution in [1.29, 1.82) is 0 Å². The third-order valence-corrected chi connectivity index (χ3v) is 3.37. The molecule has 1 heterocycles. The minimum Gasteiger partial charge on any atom is -0.508 e. The summed E-state index contributed by atoms with van der Waals surface area (Å²) < 4.78 is 5.51. The third kappa shape index (κ3) is 2.27. The van der Waals surface area contributed by atoms with Crippen molar-refractivity contribution in [3.05, 3.63) is 47.0 Å².